The van der Waals surface area contributed by atoms with Gasteiger partial charge >= 0.3 is 0 Å². The van der Waals surface area contributed by atoms with E-state index < -0.39 is 0 Å². The molecule has 0 spiro atoms. The molecule has 0 radical (unpaired) electrons. The summed E-state index contributed by atoms with van der Waals surface area (Å²) in [5.74, 6) is 1.68. The van der Waals surface area contributed by atoms with Crippen molar-refractivity contribution in [1.29, 1.82) is 0 Å². The average molecular weight is 312 g/mol. The first-order chi connectivity index (χ1) is 8.78. The molecule has 5 nitrogen and oxygen atoms in total. The van der Waals surface area contributed by atoms with Crippen LogP contribution >= 0.6 is 15.9 Å². The van der Waals surface area contributed by atoms with Crippen molar-refractivity contribution in [2.24, 2.45) is 0 Å². The highest BCUT2D eigenvalue weighted by atomic mass is 79.9. The van der Waals surface area contributed by atoms with Gasteiger partial charge in [-0.05, 0) is 28.8 Å². The number of halogens is 1. The Morgan fingerprint density at radius 1 is 1.28 bits per heavy atom. The van der Waals surface area contributed by atoms with E-state index in [4.69, 9.17) is 0 Å². The van der Waals surface area contributed by atoms with Crippen LogP contribution in [0.3, 0.4) is 0 Å². The van der Waals surface area contributed by atoms with Gasteiger partial charge in [0.1, 0.15) is 5.82 Å². The van der Waals surface area contributed by atoms with Crippen molar-refractivity contribution in [3.8, 4) is 0 Å². The molecule has 3 rings (SSSR count). The Labute approximate surface area is 116 Å². The number of aromatic nitrogens is 2. The molecule has 1 N–H and O–H groups in total. The van der Waals surface area contributed by atoms with Gasteiger partial charge in [0.25, 0.3) is 0 Å². The first kappa shape index (κ1) is 12.2. The van der Waals surface area contributed by atoms with Crippen molar-refractivity contribution in [2.45, 2.75) is 18.9 Å². The molecule has 1 aromatic rings. The summed E-state index contributed by atoms with van der Waals surface area (Å²) in [4.78, 5) is 13.7. The smallest absolute Gasteiger partial charge is 0.224 e. The second kappa shape index (κ2) is 5.01. The third-order valence-corrected chi connectivity index (χ3v) is 4.19. The summed E-state index contributed by atoms with van der Waals surface area (Å²) in [5, 5.41) is 2.99. The van der Waals surface area contributed by atoms with Crippen molar-refractivity contribution in [2.75, 3.05) is 43.4 Å². The zero-order valence-electron chi connectivity index (χ0n) is 10.6. The minimum Gasteiger partial charge on any atom is -0.357 e. The van der Waals surface area contributed by atoms with Crippen LogP contribution in [0.25, 0.3) is 0 Å². The summed E-state index contributed by atoms with van der Waals surface area (Å²) < 4.78 is 0.973. The Balaban J connectivity index is 1.71. The average Bonchev–Trinajstić information content (AvgIpc) is 3.24. The summed E-state index contributed by atoms with van der Waals surface area (Å²) in [5.41, 5.74) is 0. The van der Waals surface area contributed by atoms with E-state index >= 15 is 0 Å². The number of rotatable bonds is 3. The molecule has 0 atom stereocenters. The largest absolute Gasteiger partial charge is 0.357 e. The van der Waals surface area contributed by atoms with E-state index in [0.717, 1.165) is 42.5 Å². The maximum Gasteiger partial charge on any atom is 0.224 e. The number of nitrogens with one attached hydrogen (secondary N) is 1. The first-order valence-corrected chi connectivity index (χ1v) is 7.26. The molecule has 2 heterocycles. The molecule has 1 aromatic heterocycles. The van der Waals surface area contributed by atoms with Crippen molar-refractivity contribution >= 4 is 27.7 Å². The highest BCUT2D eigenvalue weighted by Gasteiger charge is 2.31. The van der Waals surface area contributed by atoms with Crippen LogP contribution in [0.5, 0.6) is 0 Å². The number of hydrogen-bond acceptors (Lipinski definition) is 5. The van der Waals surface area contributed by atoms with E-state index in [0.29, 0.717) is 5.95 Å². The van der Waals surface area contributed by atoms with Gasteiger partial charge in [0.2, 0.25) is 5.95 Å². The monoisotopic (exact) mass is 311 g/mol. The fourth-order valence-corrected chi connectivity index (χ4v) is 2.88. The highest BCUT2D eigenvalue weighted by Crippen LogP contribution is 2.30. The molecule has 0 bridgehead atoms. The van der Waals surface area contributed by atoms with Gasteiger partial charge in [0, 0.05) is 45.5 Å². The van der Waals surface area contributed by atoms with E-state index in [1.165, 1.54) is 12.8 Å². The summed E-state index contributed by atoms with van der Waals surface area (Å²) in [6.07, 6.45) is 4.60. The van der Waals surface area contributed by atoms with Crippen LogP contribution in [0, 0.1) is 0 Å². The molecular weight excluding hydrogens is 294 g/mol. The van der Waals surface area contributed by atoms with Crippen LogP contribution in [-0.4, -0.2) is 54.1 Å². The van der Waals surface area contributed by atoms with Crippen molar-refractivity contribution in [1.82, 2.24) is 14.9 Å². The first-order valence-electron chi connectivity index (χ1n) is 6.47. The third kappa shape index (κ3) is 2.44. The topological polar surface area (TPSA) is 44.3 Å². The van der Waals surface area contributed by atoms with Gasteiger partial charge in [0.05, 0.1) is 4.47 Å². The minimum atomic E-state index is 0.679. The van der Waals surface area contributed by atoms with Crippen LogP contribution in [0.1, 0.15) is 12.8 Å². The van der Waals surface area contributed by atoms with Gasteiger partial charge in [-0.1, -0.05) is 0 Å². The Morgan fingerprint density at radius 3 is 2.61 bits per heavy atom. The van der Waals surface area contributed by atoms with Crippen LogP contribution < -0.4 is 10.2 Å². The minimum absolute atomic E-state index is 0.679. The fourth-order valence-electron chi connectivity index (χ4n) is 2.44. The lowest BCUT2D eigenvalue weighted by Crippen LogP contribution is -2.47. The SMILES string of the molecule is CNc1ncc(Br)c(N2CCN(C3CC3)CC2)n1. The molecule has 0 unspecified atom stereocenters. The summed E-state index contributed by atoms with van der Waals surface area (Å²) >= 11 is 3.54. The Morgan fingerprint density at radius 2 is 2.00 bits per heavy atom. The van der Waals surface area contributed by atoms with E-state index in [1.54, 1.807) is 0 Å². The van der Waals surface area contributed by atoms with Gasteiger partial charge in [-0.25, -0.2) is 4.98 Å². The molecule has 1 aliphatic heterocycles. The molecule has 1 aliphatic carbocycles. The number of hydrogen-bond donors (Lipinski definition) is 1. The van der Waals surface area contributed by atoms with Gasteiger partial charge in [-0.2, -0.15) is 4.98 Å². The normalized spacial score (nSPS) is 21.1. The quantitative estimate of drug-likeness (QED) is 0.918. The molecular formula is C12H18BrN5. The molecule has 1 saturated carbocycles. The lowest BCUT2D eigenvalue weighted by Gasteiger charge is -2.35. The highest BCUT2D eigenvalue weighted by molar-refractivity contribution is 9.10. The van der Waals surface area contributed by atoms with E-state index in [2.05, 4.69) is 41.0 Å². The predicted molar refractivity (Wildman–Crippen MR) is 76.1 cm³/mol. The lowest BCUT2D eigenvalue weighted by atomic mass is 10.3. The van der Waals surface area contributed by atoms with E-state index in [-0.39, 0.29) is 0 Å². The van der Waals surface area contributed by atoms with Crippen LogP contribution in [0.15, 0.2) is 10.7 Å². The number of nitrogens with zero attached hydrogens (tertiary/aromatic N) is 4. The molecule has 2 fully saturated rings. The zero-order valence-corrected chi connectivity index (χ0v) is 12.2. The Hall–Kier alpha value is -0.880. The second-order valence-electron chi connectivity index (χ2n) is 4.87. The standard InChI is InChI=1S/C12H18BrN5/c1-14-12-15-8-10(13)11(16-12)18-6-4-17(5-7-18)9-2-3-9/h8-9H,2-7H2,1H3,(H,14,15,16). The summed E-state index contributed by atoms with van der Waals surface area (Å²) in [7, 11) is 1.85. The number of piperazine rings is 1. The van der Waals surface area contributed by atoms with E-state index in [9.17, 15) is 0 Å². The van der Waals surface area contributed by atoms with Crippen molar-refractivity contribution in [3.63, 3.8) is 0 Å². The molecule has 1 saturated heterocycles. The third-order valence-electron chi connectivity index (χ3n) is 3.63. The molecule has 0 aromatic carbocycles. The van der Waals surface area contributed by atoms with Gasteiger partial charge in [-0.3, -0.25) is 4.90 Å². The summed E-state index contributed by atoms with van der Waals surface area (Å²) in [6, 6.07) is 0.869. The molecule has 6 heteroatoms. The van der Waals surface area contributed by atoms with Crippen LogP contribution in [0.2, 0.25) is 0 Å². The zero-order chi connectivity index (χ0) is 12.5. The molecule has 98 valence electrons. The molecule has 18 heavy (non-hydrogen) atoms. The van der Waals surface area contributed by atoms with Crippen LogP contribution in [-0.2, 0) is 0 Å². The van der Waals surface area contributed by atoms with Crippen LogP contribution in [0.4, 0.5) is 11.8 Å². The van der Waals surface area contributed by atoms with Gasteiger partial charge in [0.15, 0.2) is 0 Å². The maximum absolute atomic E-state index is 4.54. The fraction of sp³-hybridized carbons (Fsp3) is 0.667. The Kier molecular flexibility index (Phi) is 3.39. The predicted octanol–water partition coefficient (Wildman–Crippen LogP) is 1.57. The number of anilines is 2. The molecule has 0 amide bonds. The lowest BCUT2D eigenvalue weighted by molar-refractivity contribution is 0.247. The summed E-state index contributed by atoms with van der Waals surface area (Å²) in [6.45, 7) is 4.40. The van der Waals surface area contributed by atoms with Crippen molar-refractivity contribution < 1.29 is 0 Å². The molecule has 2 aliphatic rings. The van der Waals surface area contributed by atoms with E-state index in [1.807, 2.05) is 13.2 Å². The second-order valence-corrected chi connectivity index (χ2v) is 5.72. The Bertz CT molecular complexity index is 426. The maximum atomic E-state index is 4.54. The van der Waals surface area contributed by atoms with Crippen molar-refractivity contribution in [3.05, 3.63) is 10.7 Å². The van der Waals surface area contributed by atoms with Gasteiger partial charge in [-0.15, -0.1) is 0 Å². The van der Waals surface area contributed by atoms with Gasteiger partial charge < -0.3 is 10.2 Å².